The van der Waals surface area contributed by atoms with Gasteiger partial charge in [0.1, 0.15) is 0 Å². The zero-order valence-corrected chi connectivity index (χ0v) is 14.2. The number of nitrogens with zero attached hydrogens (tertiary/aromatic N) is 2. The first kappa shape index (κ1) is 15.7. The number of rotatable bonds is 4. The topological polar surface area (TPSA) is 65.5 Å². The number of likely N-dealkylation sites (tertiary alicyclic amines) is 1. The molecule has 0 bridgehead atoms. The third-order valence-corrected chi connectivity index (χ3v) is 5.61. The molecule has 1 aliphatic heterocycles. The van der Waals surface area contributed by atoms with Crippen LogP contribution < -0.4 is 5.32 Å². The second-order valence-corrected chi connectivity index (χ2v) is 8.13. The van der Waals surface area contributed by atoms with Gasteiger partial charge in [0.15, 0.2) is 5.13 Å². The van der Waals surface area contributed by atoms with Crippen LogP contribution in [-0.2, 0) is 11.2 Å². The maximum Gasteiger partial charge on any atom is 0.228 e. The maximum atomic E-state index is 12.3. The predicted octanol–water partition coefficient (Wildman–Crippen LogP) is 2.41. The summed E-state index contributed by atoms with van der Waals surface area (Å²) in [6, 6.07) is 0. The van der Waals surface area contributed by atoms with Gasteiger partial charge in [-0.3, -0.25) is 4.79 Å². The van der Waals surface area contributed by atoms with E-state index in [9.17, 15) is 9.90 Å². The van der Waals surface area contributed by atoms with Gasteiger partial charge in [0.2, 0.25) is 5.91 Å². The van der Waals surface area contributed by atoms with Crippen molar-refractivity contribution < 1.29 is 9.90 Å². The van der Waals surface area contributed by atoms with E-state index < -0.39 is 5.60 Å². The van der Waals surface area contributed by atoms with Gasteiger partial charge in [0.25, 0.3) is 0 Å². The lowest BCUT2D eigenvalue weighted by Gasteiger charge is -2.24. The molecule has 3 rings (SSSR count). The smallest absolute Gasteiger partial charge is 0.228 e. The number of aliphatic hydroxyl groups is 1. The van der Waals surface area contributed by atoms with E-state index in [1.54, 1.807) is 23.2 Å². The van der Waals surface area contributed by atoms with E-state index >= 15 is 0 Å². The molecule has 1 atom stereocenters. The molecular formula is C16H25N3O2S. The molecule has 0 spiro atoms. The first-order valence-corrected chi connectivity index (χ1v) is 8.96. The quantitative estimate of drug-likeness (QED) is 0.893. The highest BCUT2D eigenvalue weighted by Crippen LogP contribution is 2.33. The van der Waals surface area contributed by atoms with Crippen molar-refractivity contribution >= 4 is 22.4 Å². The highest BCUT2D eigenvalue weighted by molar-refractivity contribution is 7.13. The van der Waals surface area contributed by atoms with E-state index in [4.69, 9.17) is 0 Å². The number of carbonyl (C=O) groups excluding carboxylic acids is 1. The number of thiazole rings is 1. The molecule has 0 radical (unpaired) electrons. The molecule has 1 aromatic rings. The molecule has 1 aliphatic carbocycles. The number of aromatic nitrogens is 1. The first-order chi connectivity index (χ1) is 10.4. The molecule has 1 unspecified atom stereocenters. The van der Waals surface area contributed by atoms with Crippen LogP contribution in [0.3, 0.4) is 0 Å². The largest absolute Gasteiger partial charge is 0.388 e. The Bertz CT molecular complexity index is 549. The van der Waals surface area contributed by atoms with Crippen molar-refractivity contribution in [2.45, 2.75) is 63.5 Å². The zero-order valence-electron chi connectivity index (χ0n) is 13.4. The van der Waals surface area contributed by atoms with Crippen molar-refractivity contribution in [3.8, 4) is 0 Å². The minimum Gasteiger partial charge on any atom is -0.388 e. The summed E-state index contributed by atoms with van der Waals surface area (Å²) < 4.78 is 0. The summed E-state index contributed by atoms with van der Waals surface area (Å²) in [5.74, 6) is 0.0571. The second kappa shape index (κ2) is 5.81. The summed E-state index contributed by atoms with van der Waals surface area (Å²) in [7, 11) is 0. The molecular weight excluding hydrogens is 298 g/mol. The Morgan fingerprint density at radius 3 is 2.77 bits per heavy atom. The van der Waals surface area contributed by atoms with E-state index in [1.807, 2.05) is 5.38 Å². The van der Waals surface area contributed by atoms with Crippen molar-refractivity contribution in [1.29, 1.82) is 0 Å². The fourth-order valence-electron chi connectivity index (χ4n) is 3.41. The Kier molecular flexibility index (Phi) is 4.16. The summed E-state index contributed by atoms with van der Waals surface area (Å²) >= 11 is 1.58. The minimum absolute atomic E-state index is 0.0571. The standard InChI is InChI=1S/C16H25N3O2S/c1-15(5-3-4-6-15)18-14-17-12(10-22-14)9-13(20)19-8-7-16(2,21)11-19/h10,21H,3-9,11H2,1-2H3,(H,17,18). The van der Waals surface area contributed by atoms with E-state index in [-0.39, 0.29) is 11.4 Å². The van der Waals surface area contributed by atoms with E-state index in [2.05, 4.69) is 17.2 Å². The Morgan fingerprint density at radius 1 is 1.41 bits per heavy atom. The molecule has 6 heteroatoms. The summed E-state index contributed by atoms with van der Waals surface area (Å²) in [4.78, 5) is 18.6. The summed E-state index contributed by atoms with van der Waals surface area (Å²) in [5, 5.41) is 16.4. The first-order valence-electron chi connectivity index (χ1n) is 8.08. The molecule has 0 aromatic carbocycles. The van der Waals surface area contributed by atoms with Gasteiger partial charge in [-0.15, -0.1) is 11.3 Å². The average molecular weight is 323 g/mol. The number of nitrogens with one attached hydrogen (secondary N) is 1. The summed E-state index contributed by atoms with van der Waals surface area (Å²) in [5.41, 5.74) is 0.250. The number of carbonyl (C=O) groups is 1. The number of amides is 1. The van der Waals surface area contributed by atoms with Crippen LogP contribution in [0, 0.1) is 0 Å². The monoisotopic (exact) mass is 323 g/mol. The van der Waals surface area contributed by atoms with E-state index in [0.29, 0.717) is 25.9 Å². The normalized spacial score (nSPS) is 27.3. The lowest BCUT2D eigenvalue weighted by Crippen LogP contribution is -2.34. The van der Waals surface area contributed by atoms with Crippen LogP contribution in [0.15, 0.2) is 5.38 Å². The third-order valence-electron chi connectivity index (χ3n) is 4.80. The molecule has 1 saturated heterocycles. The minimum atomic E-state index is -0.735. The van der Waals surface area contributed by atoms with Crippen LogP contribution in [0.4, 0.5) is 5.13 Å². The molecule has 1 saturated carbocycles. The number of hydrogen-bond acceptors (Lipinski definition) is 5. The Morgan fingerprint density at radius 2 is 2.14 bits per heavy atom. The lowest BCUT2D eigenvalue weighted by atomic mass is 10.0. The molecule has 1 aromatic heterocycles. The van der Waals surface area contributed by atoms with Gasteiger partial charge < -0.3 is 15.3 Å². The van der Waals surface area contributed by atoms with Crippen molar-refractivity contribution in [3.05, 3.63) is 11.1 Å². The van der Waals surface area contributed by atoms with Crippen LogP contribution in [0.1, 0.15) is 51.6 Å². The van der Waals surface area contributed by atoms with Gasteiger partial charge in [-0.05, 0) is 33.1 Å². The average Bonchev–Trinajstić information content (AvgIpc) is 3.12. The SMILES string of the molecule is CC1(O)CCN(C(=O)Cc2csc(NC3(C)CCCC3)n2)C1. The van der Waals surface area contributed by atoms with Crippen molar-refractivity contribution in [2.24, 2.45) is 0 Å². The van der Waals surface area contributed by atoms with Crippen molar-refractivity contribution in [3.63, 3.8) is 0 Å². The van der Waals surface area contributed by atoms with E-state index in [0.717, 1.165) is 10.8 Å². The number of β-amino-alcohol motifs (C(OH)–C–C–N with tert-alkyl or cyclic N) is 1. The van der Waals surface area contributed by atoms with Gasteiger partial charge in [-0.25, -0.2) is 4.98 Å². The third kappa shape index (κ3) is 3.60. The fourth-order valence-corrected chi connectivity index (χ4v) is 4.27. The molecule has 2 aliphatic rings. The molecule has 2 N–H and O–H groups in total. The maximum absolute atomic E-state index is 12.3. The highest BCUT2D eigenvalue weighted by atomic mass is 32.1. The van der Waals surface area contributed by atoms with Crippen molar-refractivity contribution in [2.75, 3.05) is 18.4 Å². The number of anilines is 1. The van der Waals surface area contributed by atoms with Gasteiger partial charge >= 0.3 is 0 Å². The molecule has 2 fully saturated rings. The van der Waals surface area contributed by atoms with Crippen LogP contribution in [0.2, 0.25) is 0 Å². The zero-order chi connectivity index (χ0) is 15.8. The van der Waals surface area contributed by atoms with Crippen LogP contribution >= 0.6 is 11.3 Å². The second-order valence-electron chi connectivity index (χ2n) is 7.28. The molecule has 2 heterocycles. The molecule has 5 nitrogen and oxygen atoms in total. The lowest BCUT2D eigenvalue weighted by molar-refractivity contribution is -0.130. The molecule has 122 valence electrons. The summed E-state index contributed by atoms with van der Waals surface area (Å²) in [6.45, 7) is 5.10. The van der Waals surface area contributed by atoms with E-state index in [1.165, 1.54) is 25.7 Å². The number of hydrogen-bond donors (Lipinski definition) is 2. The molecule has 1 amide bonds. The molecule has 22 heavy (non-hydrogen) atoms. The predicted molar refractivity (Wildman–Crippen MR) is 88.1 cm³/mol. The van der Waals surface area contributed by atoms with Crippen molar-refractivity contribution in [1.82, 2.24) is 9.88 Å². The van der Waals surface area contributed by atoms with Gasteiger partial charge in [0.05, 0.1) is 17.7 Å². The van der Waals surface area contributed by atoms with Crippen LogP contribution in [0.5, 0.6) is 0 Å². The van der Waals surface area contributed by atoms with Gasteiger partial charge in [-0.2, -0.15) is 0 Å². The summed E-state index contributed by atoms with van der Waals surface area (Å²) in [6.07, 6.45) is 5.89. The van der Waals surface area contributed by atoms with Gasteiger partial charge in [0, 0.05) is 24.0 Å². The fraction of sp³-hybridized carbons (Fsp3) is 0.750. The van der Waals surface area contributed by atoms with Gasteiger partial charge in [-0.1, -0.05) is 12.8 Å². The highest BCUT2D eigenvalue weighted by Gasteiger charge is 2.34. The van der Waals surface area contributed by atoms with Crippen LogP contribution in [-0.4, -0.2) is 45.1 Å². The van der Waals surface area contributed by atoms with Crippen LogP contribution in [0.25, 0.3) is 0 Å². The Labute approximate surface area is 135 Å². The Balaban J connectivity index is 1.56. The Hall–Kier alpha value is -1.14.